The number of hydrogen-bond donors (Lipinski definition) is 3. The van der Waals surface area contributed by atoms with Gasteiger partial charge in [-0.05, 0) is 42.0 Å². The third-order valence-electron chi connectivity index (χ3n) is 2.83. The second-order valence-electron chi connectivity index (χ2n) is 4.31. The Morgan fingerprint density at radius 1 is 0.950 bits per heavy atom. The first-order valence-electron chi connectivity index (χ1n) is 6.02. The fraction of sp³-hybridized carbons (Fsp3) is 0.0667. The molecule has 0 atom stereocenters. The molecule has 0 aliphatic carbocycles. The van der Waals surface area contributed by atoms with E-state index in [4.69, 9.17) is 10.8 Å². The van der Waals surface area contributed by atoms with Crippen LogP contribution in [-0.2, 0) is 6.54 Å². The Morgan fingerprint density at radius 2 is 1.50 bits per heavy atom. The van der Waals surface area contributed by atoms with E-state index >= 15 is 0 Å². The number of carbonyl (C=O) groups is 2. The Hall–Kier alpha value is -2.82. The maximum absolute atomic E-state index is 11.9. The van der Waals surface area contributed by atoms with Crippen LogP contribution in [0.4, 0.5) is 5.69 Å². The third-order valence-corrected chi connectivity index (χ3v) is 2.83. The van der Waals surface area contributed by atoms with Crippen molar-refractivity contribution in [3.63, 3.8) is 0 Å². The molecule has 2 rings (SSSR count). The number of rotatable bonds is 4. The van der Waals surface area contributed by atoms with Crippen LogP contribution in [0.2, 0.25) is 0 Å². The van der Waals surface area contributed by atoms with Crippen molar-refractivity contribution in [2.75, 3.05) is 5.73 Å². The summed E-state index contributed by atoms with van der Waals surface area (Å²) in [5, 5.41) is 11.5. The van der Waals surface area contributed by atoms with Gasteiger partial charge in [0.05, 0.1) is 5.56 Å². The van der Waals surface area contributed by atoms with E-state index in [1.165, 1.54) is 12.1 Å². The molecule has 2 aromatic carbocycles. The van der Waals surface area contributed by atoms with Crippen LogP contribution in [0, 0.1) is 0 Å². The number of carboxylic acids is 1. The average molecular weight is 270 g/mol. The van der Waals surface area contributed by atoms with Crippen molar-refractivity contribution in [1.82, 2.24) is 5.32 Å². The molecule has 0 aliphatic rings. The third kappa shape index (κ3) is 3.35. The first kappa shape index (κ1) is 13.6. The van der Waals surface area contributed by atoms with Crippen molar-refractivity contribution in [3.05, 3.63) is 65.2 Å². The Bertz CT molecular complexity index is 619. The maximum atomic E-state index is 11.9. The summed E-state index contributed by atoms with van der Waals surface area (Å²) in [6.45, 7) is 0.336. The second kappa shape index (κ2) is 5.88. The van der Waals surface area contributed by atoms with Crippen LogP contribution in [0.5, 0.6) is 0 Å². The number of nitrogen functional groups attached to an aromatic ring is 1. The summed E-state index contributed by atoms with van der Waals surface area (Å²) in [6.07, 6.45) is 0. The average Bonchev–Trinajstić information content (AvgIpc) is 2.46. The molecule has 0 bridgehead atoms. The molecular weight excluding hydrogens is 256 g/mol. The van der Waals surface area contributed by atoms with E-state index in [2.05, 4.69) is 5.32 Å². The molecular formula is C15H14N2O3. The van der Waals surface area contributed by atoms with E-state index in [0.717, 1.165) is 5.56 Å². The van der Waals surface area contributed by atoms with Crippen LogP contribution in [0.1, 0.15) is 26.3 Å². The van der Waals surface area contributed by atoms with Crippen molar-refractivity contribution in [3.8, 4) is 0 Å². The molecule has 0 aromatic heterocycles. The minimum atomic E-state index is -0.970. The Kier molecular flexibility index (Phi) is 4.00. The smallest absolute Gasteiger partial charge is 0.335 e. The molecule has 1 amide bonds. The van der Waals surface area contributed by atoms with Crippen LogP contribution < -0.4 is 11.1 Å². The molecule has 0 unspecified atom stereocenters. The summed E-state index contributed by atoms with van der Waals surface area (Å²) in [5.74, 6) is -1.17. The van der Waals surface area contributed by atoms with E-state index < -0.39 is 5.97 Å². The molecule has 20 heavy (non-hydrogen) atoms. The van der Waals surface area contributed by atoms with Gasteiger partial charge >= 0.3 is 5.97 Å². The van der Waals surface area contributed by atoms with Gasteiger partial charge in [-0.3, -0.25) is 4.79 Å². The molecule has 0 heterocycles. The van der Waals surface area contributed by atoms with Crippen LogP contribution in [0.15, 0.2) is 48.5 Å². The first-order valence-corrected chi connectivity index (χ1v) is 6.02. The maximum Gasteiger partial charge on any atom is 0.335 e. The zero-order chi connectivity index (χ0) is 14.5. The SMILES string of the molecule is Nc1ccc(C(=O)NCc2ccc(C(=O)O)cc2)cc1. The van der Waals surface area contributed by atoms with Crippen LogP contribution >= 0.6 is 0 Å². The highest BCUT2D eigenvalue weighted by molar-refractivity contribution is 5.94. The van der Waals surface area contributed by atoms with E-state index in [1.807, 2.05) is 0 Å². The van der Waals surface area contributed by atoms with Gasteiger partial charge in [-0.1, -0.05) is 12.1 Å². The van der Waals surface area contributed by atoms with Gasteiger partial charge in [0, 0.05) is 17.8 Å². The topological polar surface area (TPSA) is 92.4 Å². The van der Waals surface area contributed by atoms with Crippen LogP contribution in [-0.4, -0.2) is 17.0 Å². The highest BCUT2D eigenvalue weighted by Gasteiger charge is 2.05. The van der Waals surface area contributed by atoms with Gasteiger partial charge in [0.2, 0.25) is 0 Å². The standard InChI is InChI=1S/C15H14N2O3/c16-13-7-5-11(6-8-13)14(18)17-9-10-1-3-12(4-2-10)15(19)20/h1-8H,9,16H2,(H,17,18)(H,19,20). The summed E-state index contributed by atoms with van der Waals surface area (Å²) < 4.78 is 0. The van der Waals surface area contributed by atoms with Gasteiger partial charge in [-0.25, -0.2) is 4.79 Å². The van der Waals surface area contributed by atoms with Gasteiger partial charge in [-0.15, -0.1) is 0 Å². The summed E-state index contributed by atoms with van der Waals surface area (Å²) in [5.41, 5.74) is 7.74. The largest absolute Gasteiger partial charge is 0.478 e. The van der Waals surface area contributed by atoms with Crippen molar-refractivity contribution >= 4 is 17.6 Å². The van der Waals surface area contributed by atoms with E-state index in [9.17, 15) is 9.59 Å². The predicted molar refractivity (Wildman–Crippen MR) is 75.4 cm³/mol. The van der Waals surface area contributed by atoms with E-state index in [-0.39, 0.29) is 11.5 Å². The van der Waals surface area contributed by atoms with Crippen molar-refractivity contribution in [1.29, 1.82) is 0 Å². The normalized spacial score (nSPS) is 10.0. The van der Waals surface area contributed by atoms with Crippen LogP contribution in [0.25, 0.3) is 0 Å². The van der Waals surface area contributed by atoms with Gasteiger partial charge in [0.1, 0.15) is 0 Å². The number of nitrogens with two attached hydrogens (primary N) is 1. The summed E-state index contributed by atoms with van der Waals surface area (Å²) in [4.78, 5) is 22.6. The number of benzene rings is 2. The lowest BCUT2D eigenvalue weighted by Gasteiger charge is -2.06. The fourth-order valence-corrected chi connectivity index (χ4v) is 1.68. The van der Waals surface area contributed by atoms with Gasteiger partial charge in [0.15, 0.2) is 0 Å². The lowest BCUT2D eigenvalue weighted by molar-refractivity contribution is 0.0696. The molecule has 2 aromatic rings. The van der Waals surface area contributed by atoms with Crippen molar-refractivity contribution in [2.45, 2.75) is 6.54 Å². The minimum absolute atomic E-state index is 0.202. The molecule has 0 radical (unpaired) electrons. The number of hydrogen-bond acceptors (Lipinski definition) is 3. The zero-order valence-corrected chi connectivity index (χ0v) is 10.7. The molecule has 0 fully saturated rings. The van der Waals surface area contributed by atoms with Crippen LogP contribution in [0.3, 0.4) is 0 Å². The zero-order valence-electron chi connectivity index (χ0n) is 10.7. The predicted octanol–water partition coefficient (Wildman–Crippen LogP) is 1.90. The Labute approximate surface area is 116 Å². The number of nitrogens with one attached hydrogen (secondary N) is 1. The second-order valence-corrected chi connectivity index (χ2v) is 4.31. The number of carbonyl (C=O) groups excluding carboxylic acids is 1. The highest BCUT2D eigenvalue weighted by Crippen LogP contribution is 2.07. The molecule has 4 N–H and O–H groups in total. The number of carboxylic acid groups (broad SMARTS) is 1. The molecule has 0 spiro atoms. The first-order chi connectivity index (χ1) is 9.56. The van der Waals surface area contributed by atoms with Crippen molar-refractivity contribution < 1.29 is 14.7 Å². The van der Waals surface area contributed by atoms with Gasteiger partial charge in [-0.2, -0.15) is 0 Å². The van der Waals surface area contributed by atoms with E-state index in [0.29, 0.717) is 17.8 Å². The van der Waals surface area contributed by atoms with E-state index in [1.54, 1.807) is 36.4 Å². The van der Waals surface area contributed by atoms with Gasteiger partial charge < -0.3 is 16.2 Å². The number of aromatic carboxylic acids is 1. The quantitative estimate of drug-likeness (QED) is 0.740. The lowest BCUT2D eigenvalue weighted by Crippen LogP contribution is -2.22. The Morgan fingerprint density at radius 3 is 2.05 bits per heavy atom. The molecule has 5 nitrogen and oxygen atoms in total. The summed E-state index contributed by atoms with van der Waals surface area (Å²) >= 11 is 0. The fourth-order valence-electron chi connectivity index (χ4n) is 1.68. The summed E-state index contributed by atoms with van der Waals surface area (Å²) in [7, 11) is 0. The molecule has 0 saturated heterocycles. The molecule has 102 valence electrons. The molecule has 0 saturated carbocycles. The van der Waals surface area contributed by atoms with Gasteiger partial charge in [0.25, 0.3) is 5.91 Å². The Balaban J connectivity index is 1.96. The number of amides is 1. The summed E-state index contributed by atoms with van der Waals surface area (Å²) in [6, 6.07) is 13.0. The van der Waals surface area contributed by atoms with Crippen molar-refractivity contribution in [2.24, 2.45) is 0 Å². The lowest BCUT2D eigenvalue weighted by atomic mass is 10.1. The number of anilines is 1. The molecule has 0 aliphatic heterocycles. The molecule has 5 heteroatoms. The highest BCUT2D eigenvalue weighted by atomic mass is 16.4. The minimum Gasteiger partial charge on any atom is -0.478 e. The monoisotopic (exact) mass is 270 g/mol.